The molecule has 2 N–H and O–H groups in total. The summed E-state index contributed by atoms with van der Waals surface area (Å²) in [6.07, 6.45) is -2.78. The van der Waals surface area contributed by atoms with Gasteiger partial charge in [0, 0.05) is 17.3 Å². The smallest absolute Gasteiger partial charge is 0.362 e. The van der Waals surface area contributed by atoms with E-state index in [1.54, 1.807) is 0 Å². The number of benzene rings is 2. The van der Waals surface area contributed by atoms with Crippen molar-refractivity contribution < 1.29 is 13.2 Å². The molecule has 0 amide bonds. The lowest BCUT2D eigenvalue weighted by molar-refractivity contribution is -0.137. The van der Waals surface area contributed by atoms with Crippen molar-refractivity contribution in [1.29, 1.82) is 0 Å². The van der Waals surface area contributed by atoms with Crippen LogP contribution < -0.4 is 10.6 Å². The molecular formula is C17H16ClF3N2S. The predicted octanol–water partition coefficient (Wildman–Crippen LogP) is 5.28. The Kier molecular flexibility index (Phi) is 6.45. The summed E-state index contributed by atoms with van der Waals surface area (Å²) in [4.78, 5) is 0. The minimum Gasteiger partial charge on any atom is -0.362 e. The van der Waals surface area contributed by atoms with E-state index in [2.05, 4.69) is 10.6 Å². The van der Waals surface area contributed by atoms with Crippen LogP contribution in [0.4, 0.5) is 18.9 Å². The van der Waals surface area contributed by atoms with Crippen LogP contribution in [0.2, 0.25) is 5.02 Å². The van der Waals surface area contributed by atoms with Gasteiger partial charge in [-0.05, 0) is 54.9 Å². The number of rotatable bonds is 5. The van der Waals surface area contributed by atoms with Crippen molar-refractivity contribution in [2.45, 2.75) is 19.0 Å². The van der Waals surface area contributed by atoms with Crippen LogP contribution in [0.5, 0.6) is 0 Å². The molecule has 0 heterocycles. The molecule has 0 aliphatic rings. The van der Waals surface area contributed by atoms with E-state index in [0.29, 0.717) is 12.2 Å². The van der Waals surface area contributed by atoms with E-state index in [4.69, 9.17) is 23.8 Å². The van der Waals surface area contributed by atoms with Crippen molar-refractivity contribution in [2.24, 2.45) is 0 Å². The van der Waals surface area contributed by atoms with Crippen molar-refractivity contribution in [3.63, 3.8) is 0 Å². The average molecular weight is 373 g/mol. The summed E-state index contributed by atoms with van der Waals surface area (Å²) in [6, 6.07) is 12.5. The van der Waals surface area contributed by atoms with Gasteiger partial charge in [0.05, 0.1) is 5.56 Å². The Hall–Kier alpha value is -1.79. The molecule has 0 aromatic heterocycles. The highest BCUT2D eigenvalue weighted by Gasteiger charge is 2.30. The van der Waals surface area contributed by atoms with Gasteiger partial charge in [-0.1, -0.05) is 35.9 Å². The Labute approximate surface area is 149 Å². The van der Waals surface area contributed by atoms with Gasteiger partial charge >= 0.3 is 6.18 Å². The largest absolute Gasteiger partial charge is 0.416 e. The van der Waals surface area contributed by atoms with E-state index in [9.17, 15) is 13.2 Å². The predicted molar refractivity (Wildman–Crippen MR) is 95.4 cm³/mol. The highest BCUT2D eigenvalue weighted by Crippen LogP contribution is 2.30. The maximum absolute atomic E-state index is 12.7. The third-order valence-electron chi connectivity index (χ3n) is 3.31. The first-order valence-electron chi connectivity index (χ1n) is 7.32. The zero-order chi connectivity index (χ0) is 17.6. The fraction of sp³-hybridized carbons (Fsp3) is 0.235. The molecule has 0 radical (unpaired) electrons. The first-order valence-corrected chi connectivity index (χ1v) is 8.10. The molecule has 0 saturated heterocycles. The molecule has 0 atom stereocenters. The Balaban J connectivity index is 1.79. The van der Waals surface area contributed by atoms with Crippen LogP contribution in [0.25, 0.3) is 0 Å². The van der Waals surface area contributed by atoms with E-state index in [0.717, 1.165) is 35.6 Å². The molecule has 0 aliphatic heterocycles. The van der Waals surface area contributed by atoms with Gasteiger partial charge in [-0.3, -0.25) is 0 Å². The SMILES string of the molecule is FC(F)(F)c1cccc(NC(=S)NCCCc2ccccc2Cl)c1. The van der Waals surface area contributed by atoms with Crippen molar-refractivity contribution in [2.75, 3.05) is 11.9 Å². The number of hydrogen-bond acceptors (Lipinski definition) is 1. The summed E-state index contributed by atoms with van der Waals surface area (Å²) in [7, 11) is 0. The van der Waals surface area contributed by atoms with Crippen LogP contribution in [-0.2, 0) is 12.6 Å². The quantitative estimate of drug-likeness (QED) is 0.551. The number of alkyl halides is 3. The van der Waals surface area contributed by atoms with Crippen LogP contribution in [0.1, 0.15) is 17.5 Å². The van der Waals surface area contributed by atoms with Crippen molar-refractivity contribution in [1.82, 2.24) is 5.32 Å². The minimum atomic E-state index is -4.37. The number of nitrogens with one attached hydrogen (secondary N) is 2. The summed E-state index contributed by atoms with van der Waals surface area (Å²) < 4.78 is 38.0. The summed E-state index contributed by atoms with van der Waals surface area (Å²) in [5.74, 6) is 0. The van der Waals surface area contributed by atoms with Gasteiger partial charge in [0.25, 0.3) is 0 Å². The minimum absolute atomic E-state index is 0.286. The van der Waals surface area contributed by atoms with Gasteiger partial charge in [-0.2, -0.15) is 13.2 Å². The normalized spacial score (nSPS) is 11.2. The number of thiocarbonyl (C=S) groups is 1. The van der Waals surface area contributed by atoms with E-state index in [-0.39, 0.29) is 5.11 Å². The zero-order valence-electron chi connectivity index (χ0n) is 12.7. The van der Waals surface area contributed by atoms with Gasteiger partial charge in [-0.15, -0.1) is 0 Å². The standard InChI is InChI=1S/C17H16ClF3N2S/c18-15-9-2-1-5-12(15)6-4-10-22-16(24)23-14-8-3-7-13(11-14)17(19,20)21/h1-3,5,7-9,11H,4,6,10H2,(H2,22,23,24). The molecule has 0 fully saturated rings. The van der Waals surface area contributed by atoms with Gasteiger partial charge in [-0.25, -0.2) is 0 Å². The fourth-order valence-electron chi connectivity index (χ4n) is 2.13. The number of anilines is 1. The Morgan fingerprint density at radius 1 is 1.08 bits per heavy atom. The monoisotopic (exact) mass is 372 g/mol. The highest BCUT2D eigenvalue weighted by atomic mass is 35.5. The molecule has 0 spiro atoms. The molecule has 2 aromatic rings. The van der Waals surface area contributed by atoms with Crippen LogP contribution >= 0.6 is 23.8 Å². The summed E-state index contributed by atoms with van der Waals surface area (Å²) in [5.41, 5.74) is 0.639. The van der Waals surface area contributed by atoms with Crippen LogP contribution in [0.15, 0.2) is 48.5 Å². The molecule has 24 heavy (non-hydrogen) atoms. The lowest BCUT2D eigenvalue weighted by Gasteiger charge is -2.13. The second-order valence-corrected chi connectivity index (χ2v) is 5.97. The second kappa shape index (κ2) is 8.35. The first-order chi connectivity index (χ1) is 11.4. The van der Waals surface area contributed by atoms with Gasteiger partial charge < -0.3 is 10.6 Å². The van der Waals surface area contributed by atoms with Crippen LogP contribution in [-0.4, -0.2) is 11.7 Å². The lowest BCUT2D eigenvalue weighted by atomic mass is 10.1. The van der Waals surface area contributed by atoms with Crippen molar-refractivity contribution in [3.05, 3.63) is 64.7 Å². The van der Waals surface area contributed by atoms with Gasteiger partial charge in [0.1, 0.15) is 0 Å². The molecule has 0 saturated carbocycles. The van der Waals surface area contributed by atoms with Crippen LogP contribution in [0.3, 0.4) is 0 Å². The first kappa shape index (κ1) is 18.5. The fourth-order valence-corrected chi connectivity index (χ4v) is 2.58. The van der Waals surface area contributed by atoms with Gasteiger partial charge in [0.2, 0.25) is 0 Å². The average Bonchev–Trinajstić information content (AvgIpc) is 2.52. The van der Waals surface area contributed by atoms with Crippen molar-refractivity contribution >= 4 is 34.6 Å². The topological polar surface area (TPSA) is 24.1 Å². The van der Waals surface area contributed by atoms with E-state index in [1.807, 2.05) is 24.3 Å². The Morgan fingerprint density at radius 3 is 2.54 bits per heavy atom. The molecule has 7 heteroatoms. The van der Waals surface area contributed by atoms with E-state index < -0.39 is 11.7 Å². The number of hydrogen-bond donors (Lipinski definition) is 2. The third-order valence-corrected chi connectivity index (χ3v) is 3.93. The number of aryl methyl sites for hydroxylation is 1. The molecule has 0 aliphatic carbocycles. The van der Waals surface area contributed by atoms with Gasteiger partial charge in [0.15, 0.2) is 5.11 Å². The third kappa shape index (κ3) is 5.69. The molecule has 0 bridgehead atoms. The molecule has 128 valence electrons. The van der Waals surface area contributed by atoms with Crippen LogP contribution in [0, 0.1) is 0 Å². The van der Waals surface area contributed by atoms with E-state index in [1.165, 1.54) is 12.1 Å². The zero-order valence-corrected chi connectivity index (χ0v) is 14.2. The maximum atomic E-state index is 12.7. The second-order valence-electron chi connectivity index (χ2n) is 5.15. The molecule has 2 aromatic carbocycles. The summed E-state index contributed by atoms with van der Waals surface area (Å²) >= 11 is 11.2. The highest BCUT2D eigenvalue weighted by molar-refractivity contribution is 7.80. The molecule has 0 unspecified atom stereocenters. The number of halogens is 4. The Bertz CT molecular complexity index is 704. The van der Waals surface area contributed by atoms with Crippen molar-refractivity contribution in [3.8, 4) is 0 Å². The molecule has 2 nitrogen and oxygen atoms in total. The summed E-state index contributed by atoms with van der Waals surface area (Å²) in [5, 5.41) is 6.74. The Morgan fingerprint density at radius 2 is 1.83 bits per heavy atom. The lowest BCUT2D eigenvalue weighted by Crippen LogP contribution is -2.29. The molecule has 2 rings (SSSR count). The summed E-state index contributed by atoms with van der Waals surface area (Å²) in [6.45, 7) is 0.593. The maximum Gasteiger partial charge on any atom is 0.416 e. The van der Waals surface area contributed by atoms with E-state index >= 15 is 0 Å². The molecular weight excluding hydrogens is 357 g/mol.